The molecule has 6 nitrogen and oxygen atoms in total. The van der Waals surface area contributed by atoms with Crippen molar-refractivity contribution in [2.45, 2.75) is 26.5 Å². The van der Waals surface area contributed by atoms with Crippen molar-refractivity contribution in [3.05, 3.63) is 78.0 Å². The number of aromatic nitrogens is 5. The summed E-state index contributed by atoms with van der Waals surface area (Å²) in [5, 5.41) is 9.73. The average molecular weight is 394 g/mol. The summed E-state index contributed by atoms with van der Waals surface area (Å²) in [7, 11) is 0. The lowest BCUT2D eigenvalue weighted by Gasteiger charge is -2.10. The van der Waals surface area contributed by atoms with E-state index in [1.807, 2.05) is 73.3 Å². The highest BCUT2D eigenvalue weighted by Crippen LogP contribution is 2.27. The second-order valence-corrected chi connectivity index (χ2v) is 7.14. The summed E-state index contributed by atoms with van der Waals surface area (Å²) in [6.45, 7) is 4.60. The van der Waals surface area contributed by atoms with Gasteiger partial charge in [-0.1, -0.05) is 11.6 Å². The van der Waals surface area contributed by atoms with Gasteiger partial charge in [0.05, 0.1) is 24.0 Å². The molecule has 0 bridgehead atoms. The maximum absolute atomic E-state index is 6.02. The highest BCUT2D eigenvalue weighted by atomic mass is 35.5. The Kier molecular flexibility index (Phi) is 5.12. The zero-order chi connectivity index (χ0) is 19.5. The molecular formula is C21H20ClN5O. The van der Waals surface area contributed by atoms with Crippen molar-refractivity contribution in [3.63, 3.8) is 0 Å². The lowest BCUT2D eigenvalue weighted by molar-refractivity contribution is 0.242. The predicted octanol–water partition coefficient (Wildman–Crippen LogP) is 4.62. The van der Waals surface area contributed by atoms with Gasteiger partial charge in [-0.3, -0.25) is 0 Å². The smallest absolute Gasteiger partial charge is 0.137 e. The van der Waals surface area contributed by atoms with Gasteiger partial charge in [0.1, 0.15) is 18.4 Å². The van der Waals surface area contributed by atoms with Crippen LogP contribution < -0.4 is 4.74 Å². The minimum absolute atomic E-state index is 0.137. The van der Waals surface area contributed by atoms with Gasteiger partial charge in [-0.05, 0) is 62.4 Å². The Balaban J connectivity index is 1.72. The van der Waals surface area contributed by atoms with Crippen molar-refractivity contribution in [3.8, 4) is 22.7 Å². The normalized spacial score (nSPS) is 11.1. The first-order valence-electron chi connectivity index (χ1n) is 9.02. The molecule has 4 rings (SSSR count). The molecule has 2 aromatic heterocycles. The summed E-state index contributed by atoms with van der Waals surface area (Å²) in [5.41, 5.74) is 3.88. The third-order valence-corrected chi connectivity index (χ3v) is 4.43. The van der Waals surface area contributed by atoms with Gasteiger partial charge in [0.15, 0.2) is 0 Å². The van der Waals surface area contributed by atoms with Crippen LogP contribution in [0.3, 0.4) is 0 Å². The van der Waals surface area contributed by atoms with Crippen LogP contribution in [0.4, 0.5) is 0 Å². The number of ether oxygens (including phenoxy) is 1. The minimum Gasteiger partial charge on any atom is -0.491 e. The summed E-state index contributed by atoms with van der Waals surface area (Å²) >= 11 is 6.02. The summed E-state index contributed by atoms with van der Waals surface area (Å²) in [6.07, 6.45) is 5.38. The lowest BCUT2D eigenvalue weighted by atomic mass is 10.1. The summed E-state index contributed by atoms with van der Waals surface area (Å²) in [4.78, 5) is 4.03. The van der Waals surface area contributed by atoms with Gasteiger partial charge in [-0.2, -0.15) is 10.2 Å². The van der Waals surface area contributed by atoms with E-state index in [0.29, 0.717) is 11.6 Å². The Labute approximate surface area is 168 Å². The molecular weight excluding hydrogens is 374 g/mol. The SMILES string of the molecule is CC(C)Oc1ccc(-c2nn(-c3ccc(Cl)cc3)cc2Cn2cncn2)cc1. The van der Waals surface area contributed by atoms with Gasteiger partial charge in [0.25, 0.3) is 0 Å². The summed E-state index contributed by atoms with van der Waals surface area (Å²) in [6, 6.07) is 15.6. The zero-order valence-electron chi connectivity index (χ0n) is 15.7. The van der Waals surface area contributed by atoms with Crippen LogP contribution in [-0.2, 0) is 6.54 Å². The van der Waals surface area contributed by atoms with E-state index in [1.54, 1.807) is 11.0 Å². The highest BCUT2D eigenvalue weighted by Gasteiger charge is 2.14. The first-order chi connectivity index (χ1) is 13.6. The van der Waals surface area contributed by atoms with Crippen LogP contribution in [0.25, 0.3) is 16.9 Å². The van der Waals surface area contributed by atoms with Gasteiger partial charge in [-0.25, -0.2) is 14.3 Å². The molecule has 142 valence electrons. The van der Waals surface area contributed by atoms with Crippen molar-refractivity contribution >= 4 is 11.6 Å². The standard InChI is InChI=1S/C21H20ClN5O/c1-15(2)28-20-9-3-16(4-10-20)21-17(11-26-14-23-13-24-26)12-27(25-21)19-7-5-18(22)6-8-19/h3-10,12-15H,11H2,1-2H3. The highest BCUT2D eigenvalue weighted by molar-refractivity contribution is 6.30. The Hall–Kier alpha value is -3.12. The first kappa shape index (κ1) is 18.3. The molecule has 0 spiro atoms. The molecule has 0 aliphatic rings. The average Bonchev–Trinajstić information content (AvgIpc) is 3.33. The molecule has 2 aromatic carbocycles. The fourth-order valence-corrected chi connectivity index (χ4v) is 3.07. The van der Waals surface area contributed by atoms with Gasteiger partial charge >= 0.3 is 0 Å². The number of hydrogen-bond donors (Lipinski definition) is 0. The van der Waals surface area contributed by atoms with Gasteiger partial charge in [0, 0.05) is 22.3 Å². The molecule has 2 heterocycles. The van der Waals surface area contributed by atoms with Crippen LogP contribution in [0.2, 0.25) is 5.02 Å². The fourth-order valence-electron chi connectivity index (χ4n) is 2.95. The lowest BCUT2D eigenvalue weighted by Crippen LogP contribution is -2.05. The number of halogens is 1. The minimum atomic E-state index is 0.137. The van der Waals surface area contributed by atoms with E-state index in [0.717, 1.165) is 28.3 Å². The monoisotopic (exact) mass is 393 g/mol. The predicted molar refractivity (Wildman–Crippen MR) is 109 cm³/mol. The zero-order valence-corrected chi connectivity index (χ0v) is 16.4. The Morgan fingerprint density at radius 3 is 2.43 bits per heavy atom. The molecule has 0 aliphatic carbocycles. The number of benzene rings is 2. The van der Waals surface area contributed by atoms with Gasteiger partial charge in [-0.15, -0.1) is 0 Å². The quantitative estimate of drug-likeness (QED) is 0.479. The van der Waals surface area contributed by atoms with E-state index in [9.17, 15) is 0 Å². The van der Waals surface area contributed by atoms with E-state index in [2.05, 4.69) is 10.1 Å². The van der Waals surface area contributed by atoms with Crippen LogP contribution >= 0.6 is 11.6 Å². The molecule has 0 radical (unpaired) electrons. The number of nitrogens with zero attached hydrogens (tertiary/aromatic N) is 5. The van der Waals surface area contributed by atoms with Crippen molar-refractivity contribution in [1.82, 2.24) is 24.5 Å². The molecule has 0 atom stereocenters. The van der Waals surface area contributed by atoms with Crippen molar-refractivity contribution in [1.29, 1.82) is 0 Å². The molecule has 0 aliphatic heterocycles. The van der Waals surface area contributed by atoms with E-state index in [4.69, 9.17) is 21.4 Å². The number of hydrogen-bond acceptors (Lipinski definition) is 4. The molecule has 0 saturated carbocycles. The van der Waals surface area contributed by atoms with Gasteiger partial charge < -0.3 is 4.74 Å². The van der Waals surface area contributed by atoms with Crippen molar-refractivity contribution in [2.75, 3.05) is 0 Å². The van der Waals surface area contributed by atoms with Crippen molar-refractivity contribution < 1.29 is 4.74 Å². The molecule has 7 heteroatoms. The largest absolute Gasteiger partial charge is 0.491 e. The molecule has 0 saturated heterocycles. The first-order valence-corrected chi connectivity index (χ1v) is 9.40. The Bertz CT molecular complexity index is 1040. The second kappa shape index (κ2) is 7.86. The van der Waals surface area contributed by atoms with E-state index in [-0.39, 0.29) is 6.10 Å². The van der Waals surface area contributed by atoms with Crippen LogP contribution in [0.5, 0.6) is 5.75 Å². The topological polar surface area (TPSA) is 57.8 Å². The Morgan fingerprint density at radius 1 is 1.04 bits per heavy atom. The number of rotatable bonds is 6. The molecule has 0 fully saturated rings. The maximum Gasteiger partial charge on any atom is 0.137 e. The molecule has 0 amide bonds. The van der Waals surface area contributed by atoms with Gasteiger partial charge in [0.2, 0.25) is 0 Å². The maximum atomic E-state index is 6.02. The third kappa shape index (κ3) is 4.07. The molecule has 4 aromatic rings. The van der Waals surface area contributed by atoms with Crippen LogP contribution in [0, 0.1) is 0 Å². The van der Waals surface area contributed by atoms with E-state index >= 15 is 0 Å². The summed E-state index contributed by atoms with van der Waals surface area (Å²) in [5.74, 6) is 0.841. The van der Waals surface area contributed by atoms with Crippen molar-refractivity contribution in [2.24, 2.45) is 0 Å². The van der Waals surface area contributed by atoms with E-state index < -0.39 is 0 Å². The summed E-state index contributed by atoms with van der Waals surface area (Å²) < 4.78 is 9.38. The Morgan fingerprint density at radius 2 is 1.79 bits per heavy atom. The molecule has 0 N–H and O–H groups in total. The molecule has 28 heavy (non-hydrogen) atoms. The molecule has 0 unspecified atom stereocenters. The van der Waals surface area contributed by atoms with Crippen LogP contribution in [-0.4, -0.2) is 30.6 Å². The van der Waals surface area contributed by atoms with E-state index in [1.165, 1.54) is 6.33 Å². The fraction of sp³-hybridized carbons (Fsp3) is 0.190. The third-order valence-electron chi connectivity index (χ3n) is 4.18. The van der Waals surface area contributed by atoms with Crippen LogP contribution in [0.1, 0.15) is 19.4 Å². The second-order valence-electron chi connectivity index (χ2n) is 6.71. The van der Waals surface area contributed by atoms with Crippen LogP contribution in [0.15, 0.2) is 67.4 Å².